The molecule has 2 unspecified atom stereocenters. The SMILES string of the molecule is O=C1c2sc(=S)sc2C(=O)C2C1[C@@H]1C=C[C@H]2CC1. The largest absolute Gasteiger partial charge is 0.293 e. The Balaban J connectivity index is 1.94. The van der Waals surface area contributed by atoms with E-state index in [-0.39, 0.29) is 35.2 Å². The maximum Gasteiger partial charge on any atom is 0.178 e. The summed E-state index contributed by atoms with van der Waals surface area (Å²) in [5.41, 5.74) is 0. The van der Waals surface area contributed by atoms with Crippen LogP contribution in [-0.4, -0.2) is 11.6 Å². The number of allylic oxidation sites excluding steroid dienone is 2. The molecule has 0 aliphatic heterocycles. The zero-order chi connectivity index (χ0) is 12.4. The van der Waals surface area contributed by atoms with E-state index >= 15 is 0 Å². The first-order valence-corrected chi connectivity index (χ1v) is 8.11. The minimum Gasteiger partial charge on any atom is -0.293 e. The summed E-state index contributed by atoms with van der Waals surface area (Å²) >= 11 is 7.79. The number of rotatable bonds is 0. The summed E-state index contributed by atoms with van der Waals surface area (Å²) in [6.07, 6.45) is 6.40. The standard InChI is InChI=1S/C13H10O2S3/c14-9-7-5-1-2-6(4-3-5)8(7)10(15)12-11(9)17-13(16)18-12/h1-2,5-8H,3-4H2/t5-,6+,7?,8?. The van der Waals surface area contributed by atoms with Crippen molar-refractivity contribution in [2.45, 2.75) is 12.8 Å². The Bertz CT molecular complexity index is 599. The summed E-state index contributed by atoms with van der Waals surface area (Å²) in [5, 5.41) is 0. The van der Waals surface area contributed by atoms with Crippen molar-refractivity contribution in [3.63, 3.8) is 0 Å². The second-order valence-electron chi connectivity index (χ2n) is 5.18. The van der Waals surface area contributed by atoms with E-state index in [0.29, 0.717) is 12.9 Å². The summed E-state index contributed by atoms with van der Waals surface area (Å²) in [5.74, 6) is 0.676. The van der Waals surface area contributed by atoms with E-state index in [1.54, 1.807) is 0 Å². The number of fused-ring (bicyclic) bond motifs is 2. The lowest BCUT2D eigenvalue weighted by Crippen LogP contribution is -2.47. The molecule has 0 radical (unpaired) electrons. The first-order chi connectivity index (χ1) is 8.66. The Labute approximate surface area is 117 Å². The number of carbonyl (C=O) groups is 2. The van der Waals surface area contributed by atoms with Gasteiger partial charge in [-0.15, -0.1) is 22.7 Å². The summed E-state index contributed by atoms with van der Waals surface area (Å²) in [6, 6.07) is 0. The van der Waals surface area contributed by atoms with Crippen molar-refractivity contribution in [2.75, 3.05) is 0 Å². The molecule has 1 saturated carbocycles. The van der Waals surface area contributed by atoms with Crippen LogP contribution in [0.15, 0.2) is 12.2 Å². The monoisotopic (exact) mass is 294 g/mol. The van der Waals surface area contributed by atoms with Crippen LogP contribution in [0.4, 0.5) is 0 Å². The third-order valence-corrected chi connectivity index (χ3v) is 7.06. The van der Waals surface area contributed by atoms with Crippen LogP contribution >= 0.6 is 34.9 Å². The van der Waals surface area contributed by atoms with E-state index < -0.39 is 0 Å². The fourth-order valence-corrected chi connectivity index (χ4v) is 6.23. The third-order valence-electron chi connectivity index (χ3n) is 4.38. The highest BCUT2D eigenvalue weighted by molar-refractivity contribution is 7.76. The molecule has 1 aromatic heterocycles. The van der Waals surface area contributed by atoms with E-state index in [0.717, 1.165) is 12.8 Å². The predicted octanol–water partition coefficient (Wildman–Crippen LogP) is 3.75. The number of hydrogen-bond acceptors (Lipinski definition) is 5. The Morgan fingerprint density at radius 3 is 1.78 bits per heavy atom. The molecule has 18 heavy (non-hydrogen) atoms. The van der Waals surface area contributed by atoms with Gasteiger partial charge in [0, 0.05) is 11.8 Å². The van der Waals surface area contributed by atoms with Gasteiger partial charge in [-0.25, -0.2) is 0 Å². The molecule has 4 atom stereocenters. The normalized spacial score (nSPS) is 36.7. The summed E-state index contributed by atoms with van der Waals surface area (Å²) in [7, 11) is 0. The lowest BCUT2D eigenvalue weighted by atomic mass is 9.58. The summed E-state index contributed by atoms with van der Waals surface area (Å²) < 4.78 is 0.695. The molecule has 1 fully saturated rings. The van der Waals surface area contributed by atoms with Gasteiger partial charge < -0.3 is 0 Å². The lowest BCUT2D eigenvalue weighted by Gasteiger charge is -2.44. The van der Waals surface area contributed by atoms with Gasteiger partial charge in [-0.2, -0.15) is 0 Å². The lowest BCUT2D eigenvalue weighted by molar-refractivity contribution is 0.0528. The smallest absolute Gasteiger partial charge is 0.178 e. The molecule has 4 aliphatic rings. The minimum absolute atomic E-state index is 0.103. The molecule has 1 aromatic rings. The first kappa shape index (κ1) is 11.2. The zero-order valence-corrected chi connectivity index (χ0v) is 11.9. The van der Waals surface area contributed by atoms with Gasteiger partial charge in [0.25, 0.3) is 0 Å². The average molecular weight is 294 g/mol. The van der Waals surface area contributed by atoms with Crippen molar-refractivity contribution in [3.05, 3.63) is 25.0 Å². The van der Waals surface area contributed by atoms with Crippen molar-refractivity contribution in [1.29, 1.82) is 0 Å². The molecule has 92 valence electrons. The third kappa shape index (κ3) is 1.30. The van der Waals surface area contributed by atoms with Crippen LogP contribution in [0, 0.1) is 26.8 Å². The molecule has 0 aromatic carbocycles. The van der Waals surface area contributed by atoms with Gasteiger partial charge in [0.05, 0.1) is 9.75 Å². The maximum atomic E-state index is 12.6. The van der Waals surface area contributed by atoms with Gasteiger partial charge in [0.2, 0.25) is 0 Å². The van der Waals surface area contributed by atoms with Crippen LogP contribution in [0.1, 0.15) is 32.2 Å². The second kappa shape index (κ2) is 3.68. The maximum absolute atomic E-state index is 12.6. The van der Waals surface area contributed by atoms with E-state index in [2.05, 4.69) is 12.2 Å². The quantitative estimate of drug-likeness (QED) is 0.540. The van der Waals surface area contributed by atoms with E-state index in [1.807, 2.05) is 0 Å². The molecular weight excluding hydrogens is 284 g/mol. The molecule has 5 rings (SSSR count). The van der Waals surface area contributed by atoms with Crippen molar-refractivity contribution >= 4 is 46.5 Å². The first-order valence-electron chi connectivity index (χ1n) is 6.07. The van der Waals surface area contributed by atoms with Gasteiger partial charge in [-0.1, -0.05) is 24.4 Å². The van der Waals surface area contributed by atoms with Crippen molar-refractivity contribution < 1.29 is 9.59 Å². The molecule has 5 heteroatoms. The summed E-state index contributed by atoms with van der Waals surface area (Å²) in [4.78, 5) is 26.4. The van der Waals surface area contributed by atoms with Crippen LogP contribution in [0.5, 0.6) is 0 Å². The fraction of sp³-hybridized carbons (Fsp3) is 0.462. The van der Waals surface area contributed by atoms with Crippen molar-refractivity contribution in [1.82, 2.24) is 0 Å². The summed E-state index contributed by atoms with van der Waals surface area (Å²) in [6.45, 7) is 0. The van der Waals surface area contributed by atoms with Crippen molar-refractivity contribution in [2.24, 2.45) is 23.7 Å². The van der Waals surface area contributed by atoms with Gasteiger partial charge in [-0.05, 0) is 24.7 Å². The second-order valence-corrected chi connectivity index (χ2v) is 8.41. The Hall–Kier alpha value is -0.650. The van der Waals surface area contributed by atoms with Gasteiger partial charge in [0.1, 0.15) is 3.14 Å². The number of carbonyl (C=O) groups excluding carboxylic acids is 2. The average Bonchev–Trinajstić information content (AvgIpc) is 2.79. The van der Waals surface area contributed by atoms with Crippen LogP contribution in [-0.2, 0) is 0 Å². The van der Waals surface area contributed by atoms with E-state index in [9.17, 15) is 9.59 Å². The molecule has 4 aliphatic carbocycles. The van der Waals surface area contributed by atoms with Gasteiger partial charge in [-0.3, -0.25) is 9.59 Å². The highest BCUT2D eigenvalue weighted by Gasteiger charge is 2.52. The molecule has 2 nitrogen and oxygen atoms in total. The number of hydrogen-bond donors (Lipinski definition) is 0. The number of ketones is 2. The molecule has 0 saturated heterocycles. The molecular formula is C13H10O2S3. The highest BCUT2D eigenvalue weighted by atomic mass is 32.2. The molecule has 2 bridgehead atoms. The number of Topliss-reactive ketones (excluding diaryl/α,β-unsaturated/α-hetero) is 2. The Morgan fingerprint density at radius 1 is 0.944 bits per heavy atom. The van der Waals surface area contributed by atoms with Crippen LogP contribution in [0.25, 0.3) is 0 Å². The fourth-order valence-electron chi connectivity index (χ4n) is 3.62. The molecule has 0 spiro atoms. The Kier molecular flexibility index (Phi) is 2.29. The van der Waals surface area contributed by atoms with Crippen molar-refractivity contribution in [3.8, 4) is 0 Å². The van der Waals surface area contributed by atoms with Gasteiger partial charge in [0.15, 0.2) is 11.6 Å². The van der Waals surface area contributed by atoms with E-state index in [1.165, 1.54) is 22.7 Å². The zero-order valence-electron chi connectivity index (χ0n) is 9.42. The molecule has 0 N–H and O–H groups in total. The molecule has 1 heterocycles. The minimum atomic E-state index is -0.103. The van der Waals surface area contributed by atoms with Gasteiger partial charge >= 0.3 is 0 Å². The van der Waals surface area contributed by atoms with Crippen LogP contribution in [0.2, 0.25) is 0 Å². The topological polar surface area (TPSA) is 34.1 Å². The van der Waals surface area contributed by atoms with E-state index in [4.69, 9.17) is 12.2 Å². The highest BCUT2D eigenvalue weighted by Crippen LogP contribution is 2.51. The predicted molar refractivity (Wildman–Crippen MR) is 74.0 cm³/mol. The Morgan fingerprint density at radius 2 is 1.39 bits per heavy atom. The van der Waals surface area contributed by atoms with Crippen LogP contribution < -0.4 is 0 Å². The molecule has 0 amide bonds. The van der Waals surface area contributed by atoms with Crippen LogP contribution in [0.3, 0.4) is 0 Å².